The molecule has 2 N–H and O–H groups in total. The largest absolute Gasteiger partial charge is 0.329 e. The average Bonchev–Trinajstić information content (AvgIpc) is 2.83. The molecule has 1 aliphatic carbocycles. The minimum Gasteiger partial charge on any atom is -0.329 e. The van der Waals surface area contributed by atoms with Crippen LogP contribution in [0.1, 0.15) is 47.9 Å². The van der Waals surface area contributed by atoms with Crippen molar-refractivity contribution >= 4 is 0 Å². The molecule has 1 fully saturated rings. The maximum atomic E-state index is 6.53. The predicted molar refractivity (Wildman–Crippen MR) is 105 cm³/mol. The lowest BCUT2D eigenvalue weighted by molar-refractivity contribution is 0.211. The zero-order valence-electron chi connectivity index (χ0n) is 15.2. The summed E-state index contributed by atoms with van der Waals surface area (Å²) in [5.41, 5.74) is 12.4. The fraction of sp³-hybridized carbons (Fsp3) is 0.478. The van der Waals surface area contributed by atoms with Crippen LogP contribution in [0, 0.1) is 0 Å². The molecular formula is C23H30N2. The summed E-state index contributed by atoms with van der Waals surface area (Å²) >= 11 is 0. The molecule has 0 bridgehead atoms. The van der Waals surface area contributed by atoms with Crippen LogP contribution in [0.25, 0.3) is 0 Å². The number of likely N-dealkylation sites (tertiary alicyclic amines) is 1. The standard InChI is InChI=1S/C23H30N2/c24-18-23(14-17-25-15-6-1-7-16-25)21-10-4-2-8-19(21)12-13-20-9-3-5-11-22(20)23/h2-5,8-11H,1,6-7,12-18,24H2. The molecule has 2 aromatic rings. The summed E-state index contributed by atoms with van der Waals surface area (Å²) < 4.78 is 0. The minimum atomic E-state index is -0.0405. The van der Waals surface area contributed by atoms with E-state index in [0.717, 1.165) is 25.8 Å². The number of piperidine rings is 1. The lowest BCUT2D eigenvalue weighted by Gasteiger charge is -2.38. The highest BCUT2D eigenvalue weighted by Crippen LogP contribution is 2.41. The van der Waals surface area contributed by atoms with E-state index in [2.05, 4.69) is 53.4 Å². The molecule has 132 valence electrons. The molecule has 2 aromatic carbocycles. The Balaban J connectivity index is 1.75. The van der Waals surface area contributed by atoms with Crippen molar-refractivity contribution < 1.29 is 0 Å². The van der Waals surface area contributed by atoms with Crippen LogP contribution < -0.4 is 5.73 Å². The molecule has 0 radical (unpaired) electrons. The van der Waals surface area contributed by atoms with Crippen molar-refractivity contribution in [2.75, 3.05) is 26.2 Å². The van der Waals surface area contributed by atoms with Crippen molar-refractivity contribution in [1.29, 1.82) is 0 Å². The van der Waals surface area contributed by atoms with Crippen molar-refractivity contribution in [2.45, 2.75) is 43.9 Å². The third-order valence-electron chi connectivity index (χ3n) is 6.38. The molecule has 0 saturated carbocycles. The van der Waals surface area contributed by atoms with Crippen molar-refractivity contribution in [1.82, 2.24) is 4.90 Å². The Morgan fingerprint density at radius 2 is 1.36 bits per heavy atom. The van der Waals surface area contributed by atoms with E-state index >= 15 is 0 Å². The molecule has 0 spiro atoms. The maximum absolute atomic E-state index is 6.53. The molecule has 0 unspecified atom stereocenters. The molecule has 2 heteroatoms. The van der Waals surface area contributed by atoms with Crippen LogP contribution in [-0.2, 0) is 18.3 Å². The summed E-state index contributed by atoms with van der Waals surface area (Å²) in [5, 5.41) is 0. The van der Waals surface area contributed by atoms with E-state index in [9.17, 15) is 0 Å². The third-order valence-corrected chi connectivity index (χ3v) is 6.38. The van der Waals surface area contributed by atoms with Gasteiger partial charge in [-0.2, -0.15) is 0 Å². The first-order valence-electron chi connectivity index (χ1n) is 9.93. The Labute approximate surface area is 152 Å². The first-order valence-corrected chi connectivity index (χ1v) is 9.93. The zero-order chi connectivity index (χ0) is 17.1. The molecule has 25 heavy (non-hydrogen) atoms. The highest BCUT2D eigenvalue weighted by molar-refractivity contribution is 5.50. The third kappa shape index (κ3) is 3.14. The lowest BCUT2D eigenvalue weighted by atomic mass is 9.70. The summed E-state index contributed by atoms with van der Waals surface area (Å²) in [5.74, 6) is 0. The van der Waals surface area contributed by atoms with Gasteiger partial charge in [-0.15, -0.1) is 0 Å². The molecule has 1 heterocycles. The zero-order valence-corrected chi connectivity index (χ0v) is 15.2. The Morgan fingerprint density at radius 1 is 0.800 bits per heavy atom. The van der Waals surface area contributed by atoms with Gasteiger partial charge in [-0.25, -0.2) is 0 Å². The number of benzene rings is 2. The van der Waals surface area contributed by atoms with E-state index in [1.54, 1.807) is 0 Å². The van der Waals surface area contributed by atoms with Gasteiger partial charge in [0.05, 0.1) is 0 Å². The van der Waals surface area contributed by atoms with Crippen LogP contribution in [0.3, 0.4) is 0 Å². The van der Waals surface area contributed by atoms with Crippen molar-refractivity contribution in [2.24, 2.45) is 5.73 Å². The maximum Gasteiger partial charge on any atom is 0.0342 e. The van der Waals surface area contributed by atoms with Crippen molar-refractivity contribution in [3.05, 3.63) is 70.8 Å². The van der Waals surface area contributed by atoms with Gasteiger partial charge in [-0.05, 0) is 74.0 Å². The SMILES string of the molecule is NCC1(CCN2CCCCC2)c2ccccc2CCc2ccccc21. The smallest absolute Gasteiger partial charge is 0.0342 e. The Morgan fingerprint density at radius 3 is 1.92 bits per heavy atom. The van der Waals surface area contributed by atoms with Gasteiger partial charge in [-0.3, -0.25) is 0 Å². The van der Waals surface area contributed by atoms with E-state index in [1.807, 2.05) is 0 Å². The van der Waals surface area contributed by atoms with E-state index in [4.69, 9.17) is 5.73 Å². The topological polar surface area (TPSA) is 29.3 Å². The molecule has 0 atom stereocenters. The molecular weight excluding hydrogens is 304 g/mol. The number of nitrogens with zero attached hydrogens (tertiary/aromatic N) is 1. The van der Waals surface area contributed by atoms with Gasteiger partial charge < -0.3 is 10.6 Å². The van der Waals surface area contributed by atoms with Crippen LogP contribution in [0.5, 0.6) is 0 Å². The number of rotatable bonds is 4. The highest BCUT2D eigenvalue weighted by atomic mass is 15.1. The van der Waals surface area contributed by atoms with E-state index in [1.165, 1.54) is 54.6 Å². The summed E-state index contributed by atoms with van der Waals surface area (Å²) in [7, 11) is 0. The van der Waals surface area contributed by atoms with Gasteiger partial charge in [0.2, 0.25) is 0 Å². The number of fused-ring (bicyclic) bond motifs is 2. The van der Waals surface area contributed by atoms with Crippen LogP contribution >= 0.6 is 0 Å². The second kappa shape index (κ2) is 7.31. The first-order chi connectivity index (χ1) is 12.3. The second-order valence-corrected chi connectivity index (χ2v) is 7.75. The molecule has 1 saturated heterocycles. The van der Waals surface area contributed by atoms with Crippen molar-refractivity contribution in [3.63, 3.8) is 0 Å². The van der Waals surface area contributed by atoms with E-state index in [0.29, 0.717) is 6.54 Å². The molecule has 2 nitrogen and oxygen atoms in total. The van der Waals surface area contributed by atoms with Crippen LogP contribution in [0.4, 0.5) is 0 Å². The normalized spacial score (nSPS) is 19.7. The number of hydrogen-bond donors (Lipinski definition) is 1. The molecule has 1 aliphatic heterocycles. The van der Waals surface area contributed by atoms with Crippen LogP contribution in [0.15, 0.2) is 48.5 Å². The fourth-order valence-electron chi connectivity index (χ4n) is 4.95. The van der Waals surface area contributed by atoms with Crippen LogP contribution in [-0.4, -0.2) is 31.1 Å². The van der Waals surface area contributed by atoms with Gasteiger partial charge in [0.15, 0.2) is 0 Å². The average molecular weight is 335 g/mol. The quantitative estimate of drug-likeness (QED) is 0.918. The molecule has 4 rings (SSSR count). The molecule has 0 aromatic heterocycles. The van der Waals surface area contributed by atoms with Gasteiger partial charge in [-0.1, -0.05) is 55.0 Å². The predicted octanol–water partition coefficient (Wildman–Crippen LogP) is 3.91. The van der Waals surface area contributed by atoms with Gasteiger partial charge in [0.25, 0.3) is 0 Å². The number of aryl methyl sites for hydroxylation is 2. The lowest BCUT2D eigenvalue weighted by Crippen LogP contribution is -2.42. The summed E-state index contributed by atoms with van der Waals surface area (Å²) in [6.07, 6.45) is 7.46. The fourth-order valence-corrected chi connectivity index (χ4v) is 4.95. The Bertz CT molecular complexity index is 668. The Kier molecular flexibility index (Phi) is 4.91. The Hall–Kier alpha value is -1.64. The highest BCUT2D eigenvalue weighted by Gasteiger charge is 2.38. The molecule has 2 aliphatic rings. The minimum absolute atomic E-state index is 0.0405. The van der Waals surface area contributed by atoms with Gasteiger partial charge in [0, 0.05) is 12.0 Å². The number of nitrogens with two attached hydrogens (primary N) is 1. The second-order valence-electron chi connectivity index (χ2n) is 7.75. The van der Waals surface area contributed by atoms with Gasteiger partial charge >= 0.3 is 0 Å². The van der Waals surface area contributed by atoms with Gasteiger partial charge in [0.1, 0.15) is 0 Å². The number of hydrogen-bond acceptors (Lipinski definition) is 2. The van der Waals surface area contributed by atoms with Crippen molar-refractivity contribution in [3.8, 4) is 0 Å². The summed E-state index contributed by atoms with van der Waals surface area (Å²) in [4.78, 5) is 2.65. The first kappa shape index (κ1) is 16.8. The summed E-state index contributed by atoms with van der Waals surface area (Å²) in [6, 6.07) is 18.0. The van der Waals surface area contributed by atoms with E-state index in [-0.39, 0.29) is 5.41 Å². The molecule has 0 amide bonds. The summed E-state index contributed by atoms with van der Waals surface area (Å²) in [6.45, 7) is 4.35. The monoisotopic (exact) mass is 334 g/mol. The van der Waals surface area contributed by atoms with E-state index < -0.39 is 0 Å². The van der Waals surface area contributed by atoms with Crippen LogP contribution in [0.2, 0.25) is 0 Å².